The highest BCUT2D eigenvalue weighted by molar-refractivity contribution is 5.82. The third kappa shape index (κ3) is 3.31. The number of carbonyl (C=O) groups excluding carboxylic acids is 1. The van der Waals surface area contributed by atoms with Gasteiger partial charge in [0.15, 0.2) is 5.43 Å². The molecule has 1 amide bonds. The van der Waals surface area contributed by atoms with Gasteiger partial charge in [0.2, 0.25) is 5.91 Å². The topological polar surface area (TPSA) is 51.1 Å². The quantitative estimate of drug-likeness (QED) is 0.806. The molecular formula is C19H18N2O2. The molecule has 1 atom stereocenters. The minimum absolute atomic E-state index is 0.0325. The molecule has 0 fully saturated rings. The van der Waals surface area contributed by atoms with E-state index in [1.54, 1.807) is 16.8 Å². The Morgan fingerprint density at radius 3 is 2.52 bits per heavy atom. The first-order chi connectivity index (χ1) is 11.1. The van der Waals surface area contributed by atoms with Crippen LogP contribution in [0.25, 0.3) is 10.9 Å². The molecule has 4 nitrogen and oxygen atoms in total. The molecule has 1 N–H and O–H groups in total. The fourth-order valence-electron chi connectivity index (χ4n) is 2.66. The lowest BCUT2D eigenvalue weighted by molar-refractivity contribution is -0.122. The maximum Gasteiger partial charge on any atom is 0.240 e. The van der Waals surface area contributed by atoms with Crippen LogP contribution in [0.3, 0.4) is 0 Å². The van der Waals surface area contributed by atoms with Crippen LogP contribution in [-0.4, -0.2) is 10.5 Å². The van der Waals surface area contributed by atoms with E-state index in [1.165, 1.54) is 6.07 Å². The number of pyridine rings is 1. The summed E-state index contributed by atoms with van der Waals surface area (Å²) >= 11 is 0. The Morgan fingerprint density at radius 1 is 1.04 bits per heavy atom. The number of rotatable bonds is 4. The Bertz CT molecular complexity index is 885. The van der Waals surface area contributed by atoms with Gasteiger partial charge in [-0.1, -0.05) is 42.5 Å². The van der Waals surface area contributed by atoms with Crippen molar-refractivity contribution in [3.8, 4) is 0 Å². The van der Waals surface area contributed by atoms with E-state index < -0.39 is 0 Å². The van der Waals surface area contributed by atoms with Gasteiger partial charge < -0.3 is 9.88 Å². The van der Waals surface area contributed by atoms with E-state index in [2.05, 4.69) is 5.32 Å². The Balaban J connectivity index is 1.79. The largest absolute Gasteiger partial charge is 0.348 e. The van der Waals surface area contributed by atoms with Crippen molar-refractivity contribution >= 4 is 16.8 Å². The van der Waals surface area contributed by atoms with Crippen LogP contribution in [0.2, 0.25) is 0 Å². The molecule has 0 aliphatic carbocycles. The molecule has 0 bridgehead atoms. The Labute approximate surface area is 134 Å². The fourth-order valence-corrected chi connectivity index (χ4v) is 2.66. The number of benzene rings is 2. The highest BCUT2D eigenvalue weighted by Gasteiger charge is 2.11. The summed E-state index contributed by atoms with van der Waals surface area (Å²) in [5, 5.41) is 3.61. The van der Waals surface area contributed by atoms with Crippen LogP contribution >= 0.6 is 0 Å². The van der Waals surface area contributed by atoms with Gasteiger partial charge in [-0.3, -0.25) is 9.59 Å². The number of fused-ring (bicyclic) bond motifs is 1. The van der Waals surface area contributed by atoms with Crippen molar-refractivity contribution in [2.75, 3.05) is 0 Å². The van der Waals surface area contributed by atoms with Gasteiger partial charge in [0.1, 0.15) is 6.54 Å². The molecule has 3 aromatic rings. The van der Waals surface area contributed by atoms with Crippen molar-refractivity contribution in [2.24, 2.45) is 0 Å². The van der Waals surface area contributed by atoms with Gasteiger partial charge >= 0.3 is 0 Å². The van der Waals surface area contributed by atoms with Crippen molar-refractivity contribution in [3.63, 3.8) is 0 Å². The van der Waals surface area contributed by atoms with Gasteiger partial charge in [-0.25, -0.2) is 0 Å². The maximum absolute atomic E-state index is 12.3. The molecule has 1 heterocycles. The summed E-state index contributed by atoms with van der Waals surface area (Å²) in [6.07, 6.45) is 1.66. The number of nitrogens with one attached hydrogen (secondary N) is 1. The lowest BCUT2D eigenvalue weighted by Crippen LogP contribution is -2.30. The van der Waals surface area contributed by atoms with E-state index in [0.717, 1.165) is 11.1 Å². The molecule has 0 unspecified atom stereocenters. The molecule has 116 valence electrons. The SMILES string of the molecule is C[C@H](NC(=O)Cn1ccc(=O)c2ccccc21)c1ccccc1. The van der Waals surface area contributed by atoms with Crippen molar-refractivity contribution in [1.82, 2.24) is 9.88 Å². The van der Waals surface area contributed by atoms with E-state index >= 15 is 0 Å². The van der Waals surface area contributed by atoms with E-state index in [9.17, 15) is 9.59 Å². The molecule has 0 radical (unpaired) electrons. The first-order valence-corrected chi connectivity index (χ1v) is 7.57. The van der Waals surface area contributed by atoms with Crippen LogP contribution in [0.1, 0.15) is 18.5 Å². The number of aromatic nitrogens is 1. The normalized spacial score (nSPS) is 12.0. The highest BCUT2D eigenvalue weighted by Crippen LogP contribution is 2.12. The fraction of sp³-hybridized carbons (Fsp3) is 0.158. The summed E-state index contributed by atoms with van der Waals surface area (Å²) in [6, 6.07) is 18.6. The molecular weight excluding hydrogens is 288 g/mol. The molecule has 0 spiro atoms. The first-order valence-electron chi connectivity index (χ1n) is 7.57. The molecule has 0 saturated carbocycles. The average Bonchev–Trinajstić information content (AvgIpc) is 2.58. The minimum atomic E-state index is -0.0878. The zero-order valence-corrected chi connectivity index (χ0v) is 12.9. The number of carbonyl (C=O) groups is 1. The molecule has 0 aliphatic rings. The van der Waals surface area contributed by atoms with Crippen LogP contribution < -0.4 is 10.7 Å². The second-order valence-corrected chi connectivity index (χ2v) is 5.52. The Morgan fingerprint density at radius 2 is 1.74 bits per heavy atom. The van der Waals surface area contributed by atoms with Crippen LogP contribution in [0.4, 0.5) is 0 Å². The molecule has 0 saturated heterocycles. The standard InChI is InChI=1S/C19H18N2O2/c1-14(15-7-3-2-4-8-15)20-19(23)13-21-12-11-18(22)16-9-5-6-10-17(16)21/h2-12,14H,13H2,1H3,(H,20,23)/t14-/m0/s1. The minimum Gasteiger partial charge on any atom is -0.348 e. The number of para-hydroxylation sites is 1. The average molecular weight is 306 g/mol. The van der Waals surface area contributed by atoms with E-state index in [-0.39, 0.29) is 23.9 Å². The summed E-state index contributed by atoms with van der Waals surface area (Å²) in [7, 11) is 0. The molecule has 0 aliphatic heterocycles. The molecule has 3 rings (SSSR count). The molecule has 2 aromatic carbocycles. The van der Waals surface area contributed by atoms with Crippen molar-refractivity contribution in [3.05, 3.63) is 82.6 Å². The number of hydrogen-bond acceptors (Lipinski definition) is 2. The molecule has 4 heteroatoms. The monoisotopic (exact) mass is 306 g/mol. The van der Waals surface area contributed by atoms with Crippen molar-refractivity contribution in [1.29, 1.82) is 0 Å². The Kier molecular flexibility index (Phi) is 4.24. The molecule has 23 heavy (non-hydrogen) atoms. The lowest BCUT2D eigenvalue weighted by atomic mass is 10.1. The van der Waals surface area contributed by atoms with Gasteiger partial charge in [0.25, 0.3) is 0 Å². The van der Waals surface area contributed by atoms with Crippen molar-refractivity contribution < 1.29 is 4.79 Å². The number of hydrogen-bond donors (Lipinski definition) is 1. The number of amides is 1. The van der Waals surface area contributed by atoms with E-state index in [0.29, 0.717) is 5.39 Å². The predicted molar refractivity (Wildman–Crippen MR) is 91.2 cm³/mol. The maximum atomic E-state index is 12.3. The van der Waals surface area contributed by atoms with Crippen LogP contribution in [-0.2, 0) is 11.3 Å². The summed E-state index contributed by atoms with van der Waals surface area (Å²) in [5.74, 6) is -0.0878. The zero-order valence-electron chi connectivity index (χ0n) is 12.9. The summed E-state index contributed by atoms with van der Waals surface area (Å²) in [5.41, 5.74) is 1.79. The van der Waals surface area contributed by atoms with E-state index in [1.807, 2.05) is 55.5 Å². The zero-order chi connectivity index (χ0) is 16.2. The second-order valence-electron chi connectivity index (χ2n) is 5.52. The number of nitrogens with zero attached hydrogens (tertiary/aromatic N) is 1. The van der Waals surface area contributed by atoms with Crippen LogP contribution in [0, 0.1) is 0 Å². The van der Waals surface area contributed by atoms with Crippen LogP contribution in [0.15, 0.2) is 71.7 Å². The van der Waals surface area contributed by atoms with Gasteiger partial charge in [-0.2, -0.15) is 0 Å². The third-order valence-electron chi connectivity index (χ3n) is 3.88. The van der Waals surface area contributed by atoms with Crippen molar-refractivity contribution in [2.45, 2.75) is 19.5 Å². The van der Waals surface area contributed by atoms with Crippen LogP contribution in [0.5, 0.6) is 0 Å². The summed E-state index contributed by atoms with van der Waals surface area (Å²) in [4.78, 5) is 24.2. The smallest absolute Gasteiger partial charge is 0.240 e. The lowest BCUT2D eigenvalue weighted by Gasteiger charge is -2.16. The van der Waals surface area contributed by atoms with Gasteiger partial charge in [-0.15, -0.1) is 0 Å². The second kappa shape index (κ2) is 6.48. The van der Waals surface area contributed by atoms with Gasteiger partial charge in [-0.05, 0) is 24.6 Å². The highest BCUT2D eigenvalue weighted by atomic mass is 16.2. The Hall–Kier alpha value is -2.88. The predicted octanol–water partition coefficient (Wildman–Crippen LogP) is 2.88. The van der Waals surface area contributed by atoms with Gasteiger partial charge in [0.05, 0.1) is 11.6 Å². The van der Waals surface area contributed by atoms with Gasteiger partial charge in [0, 0.05) is 17.6 Å². The first kappa shape index (κ1) is 15.0. The third-order valence-corrected chi connectivity index (χ3v) is 3.88. The molecule has 1 aromatic heterocycles. The summed E-state index contributed by atoms with van der Waals surface area (Å²) in [6.45, 7) is 2.13. The summed E-state index contributed by atoms with van der Waals surface area (Å²) < 4.78 is 1.80. The van der Waals surface area contributed by atoms with E-state index in [4.69, 9.17) is 0 Å².